The van der Waals surface area contributed by atoms with Crippen LogP contribution in [0.4, 0.5) is 0 Å². The molecule has 0 spiro atoms. The Labute approximate surface area is 133 Å². The third kappa shape index (κ3) is 3.35. The molecule has 1 unspecified atom stereocenters. The van der Waals surface area contributed by atoms with Crippen LogP contribution in [-0.4, -0.2) is 39.2 Å². The van der Waals surface area contributed by atoms with Crippen LogP contribution in [0.5, 0.6) is 11.5 Å². The first-order chi connectivity index (χ1) is 10.1. The number of halogens is 1. The summed E-state index contributed by atoms with van der Waals surface area (Å²) in [5.74, 6) is 1.80. The van der Waals surface area contributed by atoms with Crippen molar-refractivity contribution in [3.05, 3.63) is 22.2 Å². The Bertz CT molecular complexity index is 632. The van der Waals surface area contributed by atoms with Crippen molar-refractivity contribution < 1.29 is 17.9 Å². The number of sulfone groups is 1. The van der Waals surface area contributed by atoms with Crippen LogP contribution in [0.1, 0.15) is 18.4 Å². The molecule has 3 rings (SSSR count). The summed E-state index contributed by atoms with van der Waals surface area (Å²) in [6.07, 6.45) is 1.55. The third-order valence-corrected chi connectivity index (χ3v) is 6.69. The summed E-state index contributed by atoms with van der Waals surface area (Å²) in [4.78, 5) is 0. The van der Waals surface area contributed by atoms with Crippen LogP contribution in [0, 0.1) is 0 Å². The van der Waals surface area contributed by atoms with E-state index in [4.69, 9.17) is 9.47 Å². The van der Waals surface area contributed by atoms with Crippen molar-refractivity contribution in [2.75, 3.05) is 25.5 Å². The molecule has 0 aliphatic carbocycles. The predicted molar refractivity (Wildman–Crippen MR) is 83.6 cm³/mol. The van der Waals surface area contributed by atoms with Gasteiger partial charge >= 0.3 is 0 Å². The summed E-state index contributed by atoms with van der Waals surface area (Å²) in [6, 6.07) is 3.92. The van der Waals surface area contributed by atoms with E-state index >= 15 is 0 Å². The van der Waals surface area contributed by atoms with Gasteiger partial charge in [0.1, 0.15) is 13.2 Å². The summed E-state index contributed by atoms with van der Waals surface area (Å²) in [5, 5.41) is 3.00. The highest BCUT2D eigenvalue weighted by atomic mass is 79.9. The van der Waals surface area contributed by atoms with Gasteiger partial charge in [0.05, 0.1) is 15.5 Å². The van der Waals surface area contributed by atoms with E-state index in [-0.39, 0.29) is 5.25 Å². The lowest BCUT2D eigenvalue weighted by atomic mass is 10.2. The molecule has 21 heavy (non-hydrogen) atoms. The Morgan fingerprint density at radius 2 is 2.10 bits per heavy atom. The average Bonchev–Trinajstić information content (AvgIpc) is 2.78. The third-order valence-electron chi connectivity index (χ3n) is 3.82. The average molecular weight is 376 g/mol. The summed E-state index contributed by atoms with van der Waals surface area (Å²) in [7, 11) is -2.88. The van der Waals surface area contributed by atoms with Gasteiger partial charge in [-0.15, -0.1) is 0 Å². The van der Waals surface area contributed by atoms with Crippen LogP contribution in [0.25, 0.3) is 0 Å². The van der Waals surface area contributed by atoms with Crippen LogP contribution in [-0.2, 0) is 16.4 Å². The van der Waals surface area contributed by atoms with Crippen molar-refractivity contribution in [2.24, 2.45) is 0 Å². The number of fused-ring (bicyclic) bond motifs is 1. The molecule has 0 amide bonds. The summed E-state index contributed by atoms with van der Waals surface area (Å²) < 4.78 is 35.5. The van der Waals surface area contributed by atoms with E-state index in [1.807, 2.05) is 12.1 Å². The number of nitrogens with one attached hydrogen (secondary N) is 1. The molecule has 1 N–H and O–H groups in total. The number of ether oxygens (including phenoxy) is 2. The van der Waals surface area contributed by atoms with E-state index in [0.29, 0.717) is 32.1 Å². The SMILES string of the molecule is O=S1(=O)CCCC1CNCc1cc(Br)c2c(c1)OCCO2. The highest BCUT2D eigenvalue weighted by Gasteiger charge is 2.30. The van der Waals surface area contributed by atoms with Crippen LogP contribution in [0.2, 0.25) is 0 Å². The van der Waals surface area contributed by atoms with Crippen molar-refractivity contribution in [3.63, 3.8) is 0 Å². The smallest absolute Gasteiger partial charge is 0.175 e. The molecule has 0 aromatic heterocycles. The van der Waals surface area contributed by atoms with Gasteiger partial charge in [-0.1, -0.05) is 0 Å². The van der Waals surface area contributed by atoms with Gasteiger partial charge in [-0.2, -0.15) is 0 Å². The van der Waals surface area contributed by atoms with Gasteiger partial charge in [0, 0.05) is 13.1 Å². The van der Waals surface area contributed by atoms with Crippen LogP contribution < -0.4 is 14.8 Å². The van der Waals surface area contributed by atoms with Gasteiger partial charge in [0.25, 0.3) is 0 Å². The first-order valence-corrected chi connectivity index (χ1v) is 9.57. The minimum absolute atomic E-state index is 0.238. The quantitative estimate of drug-likeness (QED) is 0.870. The largest absolute Gasteiger partial charge is 0.486 e. The van der Waals surface area contributed by atoms with E-state index in [9.17, 15) is 8.42 Å². The van der Waals surface area contributed by atoms with Gasteiger partial charge in [-0.25, -0.2) is 8.42 Å². The Balaban J connectivity index is 1.62. The van der Waals surface area contributed by atoms with Crippen molar-refractivity contribution in [1.29, 1.82) is 0 Å². The van der Waals surface area contributed by atoms with Crippen molar-refractivity contribution >= 4 is 25.8 Å². The number of benzene rings is 1. The number of hydrogen-bond donors (Lipinski definition) is 1. The van der Waals surface area contributed by atoms with Crippen LogP contribution in [0.15, 0.2) is 16.6 Å². The van der Waals surface area contributed by atoms with Gasteiger partial charge in [-0.3, -0.25) is 0 Å². The van der Waals surface area contributed by atoms with Crippen LogP contribution >= 0.6 is 15.9 Å². The molecule has 1 aromatic rings. The topological polar surface area (TPSA) is 64.6 Å². The Kier molecular flexibility index (Phi) is 4.42. The molecule has 5 nitrogen and oxygen atoms in total. The first kappa shape index (κ1) is 15.1. The van der Waals surface area contributed by atoms with E-state index in [2.05, 4.69) is 21.2 Å². The molecule has 1 saturated heterocycles. The molecule has 116 valence electrons. The first-order valence-electron chi connectivity index (χ1n) is 7.06. The molecule has 2 aliphatic rings. The standard InChI is InChI=1S/C14H18BrNO4S/c15-12-6-10(7-13-14(12)20-4-3-19-13)8-16-9-11-2-1-5-21(11,17)18/h6-7,11,16H,1-5,8-9H2. The maximum Gasteiger partial charge on any atom is 0.175 e. The van der Waals surface area contributed by atoms with E-state index in [1.165, 1.54) is 0 Å². The normalized spacial score (nSPS) is 23.2. The monoisotopic (exact) mass is 375 g/mol. The molecule has 7 heteroatoms. The second kappa shape index (κ2) is 6.14. The zero-order chi connectivity index (χ0) is 14.9. The molecule has 0 radical (unpaired) electrons. The lowest BCUT2D eigenvalue weighted by molar-refractivity contribution is 0.170. The fourth-order valence-corrected chi connectivity index (χ4v) is 5.14. The molecule has 0 saturated carbocycles. The summed E-state index contributed by atoms with van der Waals surface area (Å²) >= 11 is 3.48. The Hall–Kier alpha value is -0.790. The van der Waals surface area contributed by atoms with Gasteiger partial charge in [-0.05, 0) is 46.5 Å². The molecule has 0 bridgehead atoms. The fourth-order valence-electron chi connectivity index (χ4n) is 2.73. The predicted octanol–water partition coefficient (Wildman–Crippen LogP) is 1.89. The maximum absolute atomic E-state index is 11.8. The summed E-state index contributed by atoms with van der Waals surface area (Å²) in [6.45, 7) is 2.23. The van der Waals surface area contributed by atoms with Gasteiger partial charge in [0.2, 0.25) is 0 Å². The molecule has 1 aromatic carbocycles. The van der Waals surface area contributed by atoms with E-state index in [1.54, 1.807) is 0 Å². The Morgan fingerprint density at radius 1 is 1.29 bits per heavy atom. The molecule has 1 fully saturated rings. The van der Waals surface area contributed by atoms with Gasteiger partial charge < -0.3 is 14.8 Å². The minimum Gasteiger partial charge on any atom is -0.486 e. The van der Waals surface area contributed by atoms with E-state index in [0.717, 1.165) is 34.4 Å². The lowest BCUT2D eigenvalue weighted by Crippen LogP contribution is -2.30. The van der Waals surface area contributed by atoms with E-state index < -0.39 is 9.84 Å². The van der Waals surface area contributed by atoms with Crippen molar-refractivity contribution in [2.45, 2.75) is 24.6 Å². The number of hydrogen-bond acceptors (Lipinski definition) is 5. The van der Waals surface area contributed by atoms with Crippen molar-refractivity contribution in [1.82, 2.24) is 5.32 Å². The summed E-state index contributed by atoms with van der Waals surface area (Å²) in [5.41, 5.74) is 1.04. The Morgan fingerprint density at radius 3 is 2.86 bits per heavy atom. The highest BCUT2D eigenvalue weighted by molar-refractivity contribution is 9.10. The second-order valence-corrected chi connectivity index (χ2v) is 8.62. The zero-order valence-electron chi connectivity index (χ0n) is 11.6. The maximum atomic E-state index is 11.8. The molecular formula is C14H18BrNO4S. The van der Waals surface area contributed by atoms with Crippen LogP contribution in [0.3, 0.4) is 0 Å². The minimum atomic E-state index is -2.88. The second-order valence-electron chi connectivity index (χ2n) is 5.36. The molecule has 2 aliphatic heterocycles. The highest BCUT2D eigenvalue weighted by Crippen LogP contribution is 2.38. The fraction of sp³-hybridized carbons (Fsp3) is 0.571. The number of rotatable bonds is 4. The van der Waals surface area contributed by atoms with Crippen molar-refractivity contribution in [3.8, 4) is 11.5 Å². The molecule has 1 atom stereocenters. The lowest BCUT2D eigenvalue weighted by Gasteiger charge is -2.20. The molecule has 2 heterocycles. The molecular weight excluding hydrogens is 358 g/mol. The van der Waals surface area contributed by atoms with Gasteiger partial charge in [0.15, 0.2) is 21.3 Å². The zero-order valence-corrected chi connectivity index (χ0v) is 14.0.